The van der Waals surface area contributed by atoms with E-state index in [2.05, 4.69) is 0 Å². The minimum absolute atomic E-state index is 0.0655. The summed E-state index contributed by atoms with van der Waals surface area (Å²) in [5, 5.41) is 9.70. The number of aliphatic carboxylic acids is 1. The van der Waals surface area contributed by atoms with Crippen LogP contribution in [-0.2, 0) is 4.79 Å². The Morgan fingerprint density at radius 1 is 1.36 bits per heavy atom. The first-order chi connectivity index (χ1) is 11.9. The molecule has 1 saturated carbocycles. The zero-order valence-corrected chi connectivity index (χ0v) is 14.9. The highest BCUT2D eigenvalue weighted by atomic mass is 16.5. The van der Waals surface area contributed by atoms with Crippen molar-refractivity contribution in [1.29, 1.82) is 0 Å². The molecule has 136 valence electrons. The SMILES string of the molecule is CN(C)CCOc1ccccc1C(=O)N1C[C@@H]2CCC[C@@]2(C(=O)O)C1. The maximum atomic E-state index is 13.0. The van der Waals surface area contributed by atoms with Crippen LogP contribution in [0, 0.1) is 11.3 Å². The number of para-hydroxylation sites is 1. The molecule has 2 fully saturated rings. The molecule has 1 saturated heterocycles. The van der Waals surface area contributed by atoms with Gasteiger partial charge in [-0.2, -0.15) is 0 Å². The van der Waals surface area contributed by atoms with Crippen LogP contribution in [0.3, 0.4) is 0 Å². The van der Waals surface area contributed by atoms with E-state index < -0.39 is 11.4 Å². The van der Waals surface area contributed by atoms with Crippen LogP contribution in [-0.4, -0.2) is 67.1 Å². The summed E-state index contributed by atoms with van der Waals surface area (Å²) in [6.07, 6.45) is 2.48. The summed E-state index contributed by atoms with van der Waals surface area (Å²) in [5.74, 6) is -0.261. The molecule has 1 aliphatic carbocycles. The monoisotopic (exact) mass is 346 g/mol. The second-order valence-electron chi connectivity index (χ2n) is 7.38. The lowest BCUT2D eigenvalue weighted by molar-refractivity contribution is -0.149. The van der Waals surface area contributed by atoms with E-state index >= 15 is 0 Å². The van der Waals surface area contributed by atoms with Gasteiger partial charge in [0.1, 0.15) is 12.4 Å². The van der Waals surface area contributed by atoms with Gasteiger partial charge in [-0.1, -0.05) is 18.6 Å². The number of likely N-dealkylation sites (tertiary alicyclic amines) is 1. The molecule has 2 atom stereocenters. The number of fused-ring (bicyclic) bond motifs is 1. The van der Waals surface area contributed by atoms with Crippen molar-refractivity contribution in [1.82, 2.24) is 9.80 Å². The van der Waals surface area contributed by atoms with Crippen molar-refractivity contribution >= 4 is 11.9 Å². The largest absolute Gasteiger partial charge is 0.491 e. The van der Waals surface area contributed by atoms with Gasteiger partial charge >= 0.3 is 5.97 Å². The van der Waals surface area contributed by atoms with E-state index in [-0.39, 0.29) is 11.8 Å². The standard InChI is InChI=1S/C19H26N2O4/c1-20(2)10-11-25-16-8-4-3-7-15(16)17(22)21-12-14-6-5-9-19(14,13-21)18(23)24/h3-4,7-8,14H,5-6,9-13H2,1-2H3,(H,23,24)/t14-,19+/m0/s1. The Morgan fingerprint density at radius 3 is 2.80 bits per heavy atom. The predicted molar refractivity (Wildman–Crippen MR) is 93.8 cm³/mol. The molecule has 25 heavy (non-hydrogen) atoms. The van der Waals surface area contributed by atoms with Crippen molar-refractivity contribution in [3.05, 3.63) is 29.8 Å². The second-order valence-corrected chi connectivity index (χ2v) is 7.38. The third kappa shape index (κ3) is 3.35. The Kier molecular flexibility index (Phi) is 4.99. The number of amides is 1. The third-order valence-electron chi connectivity index (χ3n) is 5.50. The quantitative estimate of drug-likeness (QED) is 0.853. The summed E-state index contributed by atoms with van der Waals surface area (Å²) in [6.45, 7) is 2.09. The van der Waals surface area contributed by atoms with E-state index in [0.29, 0.717) is 37.4 Å². The summed E-state index contributed by atoms with van der Waals surface area (Å²) in [5.41, 5.74) is -0.238. The predicted octanol–water partition coefficient (Wildman–Crippen LogP) is 1.95. The maximum absolute atomic E-state index is 13.0. The number of rotatable bonds is 6. The number of carboxylic acid groups (broad SMARTS) is 1. The fourth-order valence-corrected chi connectivity index (χ4v) is 4.07. The van der Waals surface area contributed by atoms with Gasteiger partial charge in [0, 0.05) is 19.6 Å². The number of carbonyl (C=O) groups excluding carboxylic acids is 1. The molecule has 1 aliphatic heterocycles. The lowest BCUT2D eigenvalue weighted by Crippen LogP contribution is -2.37. The molecule has 1 N–H and O–H groups in total. The Balaban J connectivity index is 1.75. The van der Waals surface area contributed by atoms with E-state index in [0.717, 1.165) is 19.4 Å². The summed E-state index contributed by atoms with van der Waals surface area (Å²) >= 11 is 0. The van der Waals surface area contributed by atoms with Gasteiger partial charge in [0.15, 0.2) is 0 Å². The average Bonchev–Trinajstić information content (AvgIpc) is 3.12. The number of carbonyl (C=O) groups is 2. The molecule has 6 nitrogen and oxygen atoms in total. The van der Waals surface area contributed by atoms with Gasteiger partial charge in [-0.25, -0.2) is 0 Å². The number of likely N-dealkylation sites (N-methyl/N-ethyl adjacent to an activating group) is 1. The first kappa shape index (κ1) is 17.7. The number of nitrogens with zero attached hydrogens (tertiary/aromatic N) is 2. The topological polar surface area (TPSA) is 70.1 Å². The summed E-state index contributed by atoms with van der Waals surface area (Å²) in [7, 11) is 3.93. The smallest absolute Gasteiger partial charge is 0.311 e. The molecule has 6 heteroatoms. The van der Waals surface area contributed by atoms with Gasteiger partial charge in [-0.3, -0.25) is 9.59 Å². The Hall–Kier alpha value is -2.08. The highest BCUT2D eigenvalue weighted by molar-refractivity contribution is 5.97. The first-order valence-corrected chi connectivity index (χ1v) is 8.83. The highest BCUT2D eigenvalue weighted by Crippen LogP contribution is 2.49. The molecule has 1 amide bonds. The molecule has 3 rings (SSSR count). The minimum Gasteiger partial charge on any atom is -0.491 e. The first-order valence-electron chi connectivity index (χ1n) is 8.83. The van der Waals surface area contributed by atoms with E-state index in [1.807, 2.05) is 31.1 Å². The van der Waals surface area contributed by atoms with E-state index in [4.69, 9.17) is 4.74 Å². The van der Waals surface area contributed by atoms with Gasteiger partial charge in [0.05, 0.1) is 11.0 Å². The highest BCUT2D eigenvalue weighted by Gasteiger charge is 2.55. The van der Waals surface area contributed by atoms with Gasteiger partial charge in [-0.05, 0) is 45.0 Å². The summed E-state index contributed by atoms with van der Waals surface area (Å²) < 4.78 is 5.79. The van der Waals surface area contributed by atoms with Crippen LogP contribution in [0.1, 0.15) is 29.6 Å². The van der Waals surface area contributed by atoms with Gasteiger partial charge in [0.2, 0.25) is 0 Å². The minimum atomic E-state index is -0.763. The van der Waals surface area contributed by atoms with Crippen LogP contribution in [0.5, 0.6) is 5.75 Å². The Morgan fingerprint density at radius 2 is 2.12 bits per heavy atom. The molecular weight excluding hydrogens is 320 g/mol. The summed E-state index contributed by atoms with van der Waals surface area (Å²) in [4.78, 5) is 28.5. The van der Waals surface area contributed by atoms with Crippen LogP contribution in [0.4, 0.5) is 0 Å². The normalized spacial score (nSPS) is 25.2. The van der Waals surface area contributed by atoms with Crippen molar-refractivity contribution < 1.29 is 19.4 Å². The van der Waals surface area contributed by atoms with Crippen LogP contribution in [0.15, 0.2) is 24.3 Å². The Bertz CT molecular complexity index is 661. The van der Waals surface area contributed by atoms with Crippen LogP contribution in [0.25, 0.3) is 0 Å². The molecule has 0 aromatic heterocycles. The lowest BCUT2D eigenvalue weighted by atomic mass is 9.81. The Labute approximate surface area is 148 Å². The fourth-order valence-electron chi connectivity index (χ4n) is 4.07. The summed E-state index contributed by atoms with van der Waals surface area (Å²) in [6, 6.07) is 7.22. The van der Waals surface area contributed by atoms with Crippen LogP contribution in [0.2, 0.25) is 0 Å². The number of carboxylic acids is 1. The van der Waals surface area contributed by atoms with Gasteiger partial charge in [-0.15, -0.1) is 0 Å². The maximum Gasteiger partial charge on any atom is 0.311 e. The van der Waals surface area contributed by atoms with Crippen molar-refractivity contribution in [3.63, 3.8) is 0 Å². The number of benzene rings is 1. The van der Waals surface area contributed by atoms with Crippen LogP contribution >= 0.6 is 0 Å². The van der Waals surface area contributed by atoms with Gasteiger partial charge < -0.3 is 19.6 Å². The fraction of sp³-hybridized carbons (Fsp3) is 0.579. The van der Waals surface area contributed by atoms with Crippen molar-refractivity contribution in [2.24, 2.45) is 11.3 Å². The molecule has 1 heterocycles. The molecule has 0 spiro atoms. The van der Waals surface area contributed by atoms with E-state index in [9.17, 15) is 14.7 Å². The van der Waals surface area contributed by atoms with Crippen molar-refractivity contribution in [2.75, 3.05) is 40.3 Å². The number of hydrogen-bond acceptors (Lipinski definition) is 4. The molecule has 1 aromatic carbocycles. The van der Waals surface area contributed by atoms with Crippen molar-refractivity contribution in [2.45, 2.75) is 19.3 Å². The van der Waals surface area contributed by atoms with Gasteiger partial charge in [0.25, 0.3) is 5.91 Å². The van der Waals surface area contributed by atoms with E-state index in [1.165, 1.54) is 0 Å². The zero-order valence-electron chi connectivity index (χ0n) is 14.9. The number of hydrogen-bond donors (Lipinski definition) is 1. The molecule has 0 bridgehead atoms. The van der Waals surface area contributed by atoms with Crippen LogP contribution < -0.4 is 4.74 Å². The van der Waals surface area contributed by atoms with Crippen molar-refractivity contribution in [3.8, 4) is 5.75 Å². The lowest BCUT2D eigenvalue weighted by Gasteiger charge is -2.23. The molecule has 0 unspecified atom stereocenters. The second kappa shape index (κ2) is 7.04. The molecule has 1 aromatic rings. The molecular formula is C19H26N2O4. The van der Waals surface area contributed by atoms with E-state index in [1.54, 1.807) is 17.0 Å². The molecule has 2 aliphatic rings. The average molecular weight is 346 g/mol. The third-order valence-corrected chi connectivity index (χ3v) is 5.50. The molecule has 0 radical (unpaired) electrons. The zero-order chi connectivity index (χ0) is 18.0. The number of ether oxygens (including phenoxy) is 1.